The number of methoxy groups -OCH3 is 1. The van der Waals surface area contributed by atoms with Crippen molar-refractivity contribution >= 4 is 56.7 Å². The number of nitrogens with one attached hydrogen (secondary N) is 1. The van der Waals surface area contributed by atoms with E-state index in [9.17, 15) is 22.8 Å². The molecule has 3 heterocycles. The fourth-order valence-corrected chi connectivity index (χ4v) is 7.26. The van der Waals surface area contributed by atoms with Crippen molar-refractivity contribution in [1.29, 1.82) is 0 Å². The lowest BCUT2D eigenvalue weighted by atomic mass is 10.0. The van der Waals surface area contributed by atoms with Crippen LogP contribution < -0.4 is 5.32 Å². The van der Waals surface area contributed by atoms with E-state index in [-0.39, 0.29) is 55.7 Å². The van der Waals surface area contributed by atoms with Gasteiger partial charge < -0.3 is 19.7 Å². The maximum absolute atomic E-state index is 13.1. The summed E-state index contributed by atoms with van der Waals surface area (Å²) in [7, 11) is -2.48. The van der Waals surface area contributed by atoms with Gasteiger partial charge >= 0.3 is 12.1 Å². The number of esters is 1. The van der Waals surface area contributed by atoms with Gasteiger partial charge in [-0.2, -0.15) is 4.31 Å². The number of likely N-dealkylation sites (N-methyl/N-ethyl adjacent to an activating group) is 1. The molecule has 2 aliphatic heterocycles. The van der Waals surface area contributed by atoms with Gasteiger partial charge in [-0.1, -0.05) is 6.92 Å². The summed E-state index contributed by atoms with van der Waals surface area (Å²) in [5, 5.41) is 3.26. The average Bonchev–Trinajstić information content (AvgIpc) is 3.29. The number of nitrogens with zero attached hydrogens (tertiary/aromatic N) is 3. The first-order valence-corrected chi connectivity index (χ1v) is 14.7. The molecule has 2 aliphatic rings. The Morgan fingerprint density at radius 3 is 2.28 bits per heavy atom. The van der Waals surface area contributed by atoms with E-state index in [0.717, 1.165) is 23.5 Å². The third-order valence-electron chi connectivity index (χ3n) is 6.72. The predicted molar refractivity (Wildman–Crippen MR) is 149 cm³/mol. The molecule has 0 radical (unpaired) electrons. The standard InChI is InChI=1S/C25H32N4O7S2.ClH/c1-4-27-11-10-19-20(16-27)37-23(21(19)24(31)35-3)26-22(30)17-6-8-18(9-7-17)38(33,34)29-14-12-28(13-15-29)25(32)36-5-2;/h6-9H,4-5,10-16H2,1-3H3,(H,26,30);1H. The predicted octanol–water partition coefficient (Wildman–Crippen LogP) is 3.05. The Kier molecular flexibility index (Phi) is 10.4. The number of halogens is 1. The second-order valence-electron chi connectivity index (χ2n) is 8.89. The summed E-state index contributed by atoms with van der Waals surface area (Å²) < 4.78 is 37.5. The zero-order valence-electron chi connectivity index (χ0n) is 22.1. The molecule has 1 N–H and O–H groups in total. The quantitative estimate of drug-likeness (QED) is 0.481. The first-order valence-electron chi connectivity index (χ1n) is 12.5. The van der Waals surface area contributed by atoms with Gasteiger partial charge in [0.25, 0.3) is 5.91 Å². The normalized spacial score (nSPS) is 16.1. The Morgan fingerprint density at radius 2 is 1.69 bits per heavy atom. The minimum atomic E-state index is -3.80. The molecular formula is C25H33ClN4O7S2. The number of carbonyl (C=O) groups excluding carboxylic acids is 3. The van der Waals surface area contributed by atoms with E-state index < -0.39 is 28.0 Å². The number of piperazine rings is 1. The molecule has 2 aromatic rings. The van der Waals surface area contributed by atoms with Crippen molar-refractivity contribution in [2.45, 2.75) is 31.7 Å². The lowest BCUT2D eigenvalue weighted by Crippen LogP contribution is -2.50. The highest BCUT2D eigenvalue weighted by atomic mass is 35.5. The van der Waals surface area contributed by atoms with Crippen LogP contribution in [0.5, 0.6) is 0 Å². The van der Waals surface area contributed by atoms with Crippen LogP contribution >= 0.6 is 23.7 Å². The third-order valence-corrected chi connectivity index (χ3v) is 9.76. The van der Waals surface area contributed by atoms with Gasteiger partial charge in [-0.3, -0.25) is 9.69 Å². The first kappa shape index (κ1) is 30.8. The van der Waals surface area contributed by atoms with Gasteiger partial charge in [-0.15, -0.1) is 23.7 Å². The summed E-state index contributed by atoms with van der Waals surface area (Å²) in [5.74, 6) is -0.944. The number of anilines is 1. The van der Waals surface area contributed by atoms with Crippen LogP contribution in [-0.4, -0.2) is 93.5 Å². The van der Waals surface area contributed by atoms with Crippen molar-refractivity contribution in [3.63, 3.8) is 0 Å². The van der Waals surface area contributed by atoms with Crippen molar-refractivity contribution in [3.05, 3.63) is 45.8 Å². The van der Waals surface area contributed by atoms with Crippen LogP contribution in [0.4, 0.5) is 9.80 Å². The van der Waals surface area contributed by atoms with Gasteiger partial charge in [0.1, 0.15) is 5.00 Å². The Morgan fingerprint density at radius 1 is 1.03 bits per heavy atom. The van der Waals surface area contributed by atoms with Gasteiger partial charge in [0, 0.05) is 49.7 Å². The number of thiophene rings is 1. The van der Waals surface area contributed by atoms with Crippen molar-refractivity contribution < 1.29 is 32.3 Å². The molecule has 0 saturated carbocycles. The topological polar surface area (TPSA) is 126 Å². The van der Waals surface area contributed by atoms with Gasteiger partial charge in [-0.25, -0.2) is 18.0 Å². The molecule has 1 fully saturated rings. The average molecular weight is 601 g/mol. The van der Waals surface area contributed by atoms with Crippen LogP contribution in [0.1, 0.15) is 45.0 Å². The maximum Gasteiger partial charge on any atom is 0.409 e. The van der Waals surface area contributed by atoms with Crippen LogP contribution in [0.2, 0.25) is 0 Å². The van der Waals surface area contributed by atoms with Crippen LogP contribution in [0.3, 0.4) is 0 Å². The van der Waals surface area contributed by atoms with E-state index in [1.54, 1.807) is 6.92 Å². The highest BCUT2D eigenvalue weighted by molar-refractivity contribution is 7.89. The number of carbonyl (C=O) groups is 3. The molecular weight excluding hydrogens is 568 g/mol. The van der Waals surface area contributed by atoms with Crippen LogP contribution in [0, 0.1) is 0 Å². The molecule has 2 amide bonds. The van der Waals surface area contributed by atoms with Gasteiger partial charge in [0.05, 0.1) is 24.2 Å². The summed E-state index contributed by atoms with van der Waals surface area (Å²) in [6, 6.07) is 5.67. The van der Waals surface area contributed by atoms with Crippen LogP contribution in [0.15, 0.2) is 29.2 Å². The molecule has 39 heavy (non-hydrogen) atoms. The van der Waals surface area contributed by atoms with Crippen molar-refractivity contribution in [2.75, 3.05) is 58.3 Å². The lowest BCUT2D eigenvalue weighted by molar-refractivity contribution is 0.0600. The number of amides is 2. The zero-order chi connectivity index (χ0) is 27.4. The summed E-state index contributed by atoms with van der Waals surface area (Å²) >= 11 is 1.37. The number of hydrogen-bond donors (Lipinski definition) is 1. The highest BCUT2D eigenvalue weighted by Gasteiger charge is 2.31. The highest BCUT2D eigenvalue weighted by Crippen LogP contribution is 2.38. The third kappa shape index (κ3) is 6.55. The smallest absolute Gasteiger partial charge is 0.409 e. The number of rotatable bonds is 7. The largest absolute Gasteiger partial charge is 0.465 e. The van der Waals surface area contributed by atoms with Gasteiger partial charge in [-0.05, 0) is 49.7 Å². The Hall–Kier alpha value is -2.71. The van der Waals surface area contributed by atoms with E-state index in [0.29, 0.717) is 23.5 Å². The zero-order valence-corrected chi connectivity index (χ0v) is 24.5. The molecule has 0 atom stereocenters. The summed E-state index contributed by atoms with van der Waals surface area (Å²) in [4.78, 5) is 42.3. The van der Waals surface area contributed by atoms with Crippen molar-refractivity contribution in [1.82, 2.24) is 14.1 Å². The summed E-state index contributed by atoms with van der Waals surface area (Å²) in [6.45, 7) is 7.25. The summed E-state index contributed by atoms with van der Waals surface area (Å²) in [5.41, 5.74) is 1.55. The molecule has 1 aromatic carbocycles. The molecule has 0 spiro atoms. The van der Waals surface area contributed by atoms with E-state index in [4.69, 9.17) is 9.47 Å². The maximum atomic E-state index is 13.1. The van der Waals surface area contributed by atoms with E-state index in [1.807, 2.05) is 0 Å². The number of ether oxygens (including phenoxy) is 2. The number of fused-ring (bicyclic) bond motifs is 1. The Labute approximate surface area is 238 Å². The molecule has 14 heteroatoms. The van der Waals surface area contributed by atoms with Gasteiger partial charge in [0.2, 0.25) is 10.0 Å². The van der Waals surface area contributed by atoms with Crippen molar-refractivity contribution in [2.24, 2.45) is 0 Å². The number of hydrogen-bond acceptors (Lipinski definition) is 9. The molecule has 11 nitrogen and oxygen atoms in total. The second kappa shape index (κ2) is 13.1. The fraction of sp³-hybridized carbons (Fsp3) is 0.480. The SMILES string of the molecule is CCOC(=O)N1CCN(S(=O)(=O)c2ccc(C(=O)Nc3sc4c(c3C(=O)OC)CCN(CC)C4)cc2)CC1.Cl. The molecule has 4 rings (SSSR count). The monoisotopic (exact) mass is 600 g/mol. The molecule has 1 saturated heterocycles. The second-order valence-corrected chi connectivity index (χ2v) is 11.9. The van der Waals surface area contributed by atoms with Crippen LogP contribution in [0.25, 0.3) is 0 Å². The van der Waals surface area contributed by atoms with E-state index in [1.165, 1.54) is 51.9 Å². The Balaban J connectivity index is 0.00000420. The minimum Gasteiger partial charge on any atom is -0.465 e. The Bertz CT molecular complexity index is 1310. The lowest BCUT2D eigenvalue weighted by Gasteiger charge is -2.33. The van der Waals surface area contributed by atoms with E-state index in [2.05, 4.69) is 17.1 Å². The fourth-order valence-electron chi connectivity index (χ4n) is 4.56. The molecule has 0 unspecified atom stereocenters. The molecule has 0 aliphatic carbocycles. The first-order chi connectivity index (χ1) is 18.2. The molecule has 0 bridgehead atoms. The number of sulfonamides is 1. The molecule has 1 aromatic heterocycles. The van der Waals surface area contributed by atoms with E-state index >= 15 is 0 Å². The molecule has 214 valence electrons. The van der Waals surface area contributed by atoms with Crippen LogP contribution in [-0.2, 0) is 32.5 Å². The van der Waals surface area contributed by atoms with Crippen molar-refractivity contribution in [3.8, 4) is 0 Å². The number of benzene rings is 1. The van der Waals surface area contributed by atoms with Gasteiger partial charge in [0.15, 0.2) is 0 Å². The minimum absolute atomic E-state index is 0. The summed E-state index contributed by atoms with van der Waals surface area (Å²) in [6.07, 6.45) is 0.241.